The van der Waals surface area contributed by atoms with E-state index in [9.17, 15) is 9.59 Å². The van der Waals surface area contributed by atoms with Crippen molar-refractivity contribution in [3.05, 3.63) is 11.8 Å². The van der Waals surface area contributed by atoms with Crippen LogP contribution in [0, 0.1) is 12.8 Å². The first-order valence-corrected chi connectivity index (χ1v) is 8.40. The summed E-state index contributed by atoms with van der Waals surface area (Å²) in [5, 5.41) is 7.18. The van der Waals surface area contributed by atoms with Crippen LogP contribution in [0.25, 0.3) is 0 Å². The third kappa shape index (κ3) is 3.48. The molecule has 1 aromatic heterocycles. The first-order chi connectivity index (χ1) is 11.0. The SMILES string of the molecule is Cc1cc(NC(=O)C2CCCN(C(=O)N3CCCC3)C2)n(C)n1. The van der Waals surface area contributed by atoms with Crippen LogP contribution in [0.4, 0.5) is 10.6 Å². The number of hydrogen-bond donors (Lipinski definition) is 1. The number of nitrogens with zero attached hydrogens (tertiary/aromatic N) is 4. The average Bonchev–Trinajstić information content (AvgIpc) is 3.17. The van der Waals surface area contributed by atoms with Crippen molar-refractivity contribution in [3.8, 4) is 0 Å². The van der Waals surface area contributed by atoms with Gasteiger partial charge in [-0.05, 0) is 32.6 Å². The van der Waals surface area contributed by atoms with E-state index in [1.54, 1.807) is 4.68 Å². The molecular weight excluding hydrogens is 294 g/mol. The topological polar surface area (TPSA) is 70.5 Å². The van der Waals surface area contributed by atoms with Crippen molar-refractivity contribution in [2.75, 3.05) is 31.5 Å². The highest BCUT2D eigenvalue weighted by Gasteiger charge is 2.31. The molecular formula is C16H25N5O2. The number of aryl methyl sites for hydroxylation is 2. The summed E-state index contributed by atoms with van der Waals surface area (Å²) in [6, 6.07) is 1.95. The Balaban J connectivity index is 1.60. The first kappa shape index (κ1) is 15.8. The van der Waals surface area contributed by atoms with Crippen LogP contribution in [0.5, 0.6) is 0 Å². The summed E-state index contributed by atoms with van der Waals surface area (Å²) < 4.78 is 1.67. The molecule has 1 atom stereocenters. The molecule has 23 heavy (non-hydrogen) atoms. The Hall–Kier alpha value is -2.05. The summed E-state index contributed by atoms with van der Waals surface area (Å²) in [4.78, 5) is 28.8. The monoisotopic (exact) mass is 319 g/mol. The van der Waals surface area contributed by atoms with E-state index in [0.717, 1.165) is 51.0 Å². The van der Waals surface area contributed by atoms with Crippen LogP contribution in [-0.2, 0) is 11.8 Å². The first-order valence-electron chi connectivity index (χ1n) is 8.40. The quantitative estimate of drug-likeness (QED) is 0.900. The normalized spacial score (nSPS) is 21.6. The lowest BCUT2D eigenvalue weighted by atomic mass is 9.97. The van der Waals surface area contributed by atoms with Gasteiger partial charge in [-0.25, -0.2) is 4.79 Å². The molecule has 2 aliphatic heterocycles. The molecule has 1 N–H and O–H groups in total. The predicted octanol–water partition coefficient (Wildman–Crippen LogP) is 1.59. The fourth-order valence-corrected chi connectivity index (χ4v) is 3.43. The van der Waals surface area contributed by atoms with E-state index in [4.69, 9.17) is 0 Å². The van der Waals surface area contributed by atoms with Gasteiger partial charge >= 0.3 is 6.03 Å². The number of likely N-dealkylation sites (tertiary alicyclic amines) is 2. The largest absolute Gasteiger partial charge is 0.325 e. The van der Waals surface area contributed by atoms with Crippen molar-refractivity contribution in [1.29, 1.82) is 0 Å². The molecule has 0 spiro atoms. The van der Waals surface area contributed by atoms with Crippen molar-refractivity contribution in [2.45, 2.75) is 32.6 Å². The lowest BCUT2D eigenvalue weighted by Gasteiger charge is -2.34. The summed E-state index contributed by atoms with van der Waals surface area (Å²) >= 11 is 0. The van der Waals surface area contributed by atoms with Crippen LogP contribution in [0.2, 0.25) is 0 Å². The van der Waals surface area contributed by atoms with E-state index in [1.807, 2.05) is 29.8 Å². The molecule has 1 aromatic rings. The van der Waals surface area contributed by atoms with E-state index in [0.29, 0.717) is 12.4 Å². The average molecular weight is 319 g/mol. The minimum absolute atomic E-state index is 0.0214. The predicted molar refractivity (Wildman–Crippen MR) is 87.1 cm³/mol. The summed E-state index contributed by atoms with van der Waals surface area (Å²) in [7, 11) is 1.81. The zero-order chi connectivity index (χ0) is 16.4. The number of amides is 3. The Morgan fingerprint density at radius 3 is 2.52 bits per heavy atom. The second-order valence-corrected chi connectivity index (χ2v) is 6.55. The number of hydrogen-bond acceptors (Lipinski definition) is 3. The van der Waals surface area contributed by atoms with Crippen LogP contribution in [0.1, 0.15) is 31.4 Å². The molecule has 0 bridgehead atoms. The van der Waals surface area contributed by atoms with Gasteiger partial charge in [0.1, 0.15) is 5.82 Å². The summed E-state index contributed by atoms with van der Waals surface area (Å²) in [5.41, 5.74) is 0.872. The minimum atomic E-state index is -0.148. The molecule has 3 amide bonds. The van der Waals surface area contributed by atoms with Crippen LogP contribution >= 0.6 is 0 Å². The van der Waals surface area contributed by atoms with Gasteiger partial charge in [-0.2, -0.15) is 5.10 Å². The van der Waals surface area contributed by atoms with E-state index in [2.05, 4.69) is 10.4 Å². The van der Waals surface area contributed by atoms with Gasteiger partial charge in [0.15, 0.2) is 0 Å². The molecule has 0 aliphatic carbocycles. The molecule has 7 nitrogen and oxygen atoms in total. The molecule has 0 radical (unpaired) electrons. The second-order valence-electron chi connectivity index (χ2n) is 6.55. The van der Waals surface area contributed by atoms with E-state index >= 15 is 0 Å². The number of aromatic nitrogens is 2. The Bertz CT molecular complexity index is 591. The maximum absolute atomic E-state index is 12.5. The Kier molecular flexibility index (Phi) is 4.54. The molecule has 2 saturated heterocycles. The lowest BCUT2D eigenvalue weighted by Crippen LogP contribution is -2.48. The molecule has 3 heterocycles. The number of urea groups is 1. The smallest absolute Gasteiger partial charge is 0.320 e. The zero-order valence-corrected chi connectivity index (χ0v) is 13.9. The van der Waals surface area contributed by atoms with Gasteiger partial charge < -0.3 is 15.1 Å². The standard InChI is InChI=1S/C16H25N5O2/c1-12-10-14(19(2)18-12)17-15(22)13-6-5-9-21(11-13)16(23)20-7-3-4-8-20/h10,13H,3-9,11H2,1-2H3,(H,17,22). The van der Waals surface area contributed by atoms with Gasteiger partial charge in [-0.1, -0.05) is 0 Å². The van der Waals surface area contributed by atoms with Gasteiger partial charge in [0.05, 0.1) is 11.6 Å². The molecule has 7 heteroatoms. The second kappa shape index (κ2) is 6.60. The van der Waals surface area contributed by atoms with Crippen molar-refractivity contribution in [2.24, 2.45) is 13.0 Å². The number of piperidine rings is 1. The molecule has 126 valence electrons. The van der Waals surface area contributed by atoms with Crippen molar-refractivity contribution in [3.63, 3.8) is 0 Å². The molecule has 0 saturated carbocycles. The summed E-state index contributed by atoms with van der Waals surface area (Å²) in [6.07, 6.45) is 3.88. The van der Waals surface area contributed by atoms with Gasteiger partial charge in [0.2, 0.25) is 5.91 Å². The number of rotatable bonds is 2. The Morgan fingerprint density at radius 1 is 1.17 bits per heavy atom. The van der Waals surface area contributed by atoms with Gasteiger partial charge in [-0.15, -0.1) is 0 Å². The highest BCUT2D eigenvalue weighted by Crippen LogP contribution is 2.21. The van der Waals surface area contributed by atoms with Gasteiger partial charge in [0, 0.05) is 39.3 Å². The van der Waals surface area contributed by atoms with Crippen molar-refractivity contribution < 1.29 is 9.59 Å². The number of carbonyl (C=O) groups is 2. The Morgan fingerprint density at radius 2 is 1.87 bits per heavy atom. The minimum Gasteiger partial charge on any atom is -0.325 e. The van der Waals surface area contributed by atoms with Crippen LogP contribution in [-0.4, -0.2) is 57.7 Å². The highest BCUT2D eigenvalue weighted by atomic mass is 16.2. The third-order valence-corrected chi connectivity index (χ3v) is 4.69. The molecule has 0 aromatic carbocycles. The van der Waals surface area contributed by atoms with Crippen LogP contribution in [0.15, 0.2) is 6.07 Å². The molecule has 2 fully saturated rings. The molecule has 2 aliphatic rings. The fraction of sp³-hybridized carbons (Fsp3) is 0.688. The third-order valence-electron chi connectivity index (χ3n) is 4.69. The molecule has 3 rings (SSSR count). The summed E-state index contributed by atoms with van der Waals surface area (Å²) in [6.45, 7) is 4.86. The maximum atomic E-state index is 12.5. The van der Waals surface area contributed by atoms with Gasteiger partial charge in [-0.3, -0.25) is 9.48 Å². The number of nitrogens with one attached hydrogen (secondary N) is 1. The van der Waals surface area contributed by atoms with E-state index < -0.39 is 0 Å². The van der Waals surface area contributed by atoms with Gasteiger partial charge in [0.25, 0.3) is 0 Å². The van der Waals surface area contributed by atoms with E-state index in [1.165, 1.54) is 0 Å². The highest BCUT2D eigenvalue weighted by molar-refractivity contribution is 5.92. The van der Waals surface area contributed by atoms with Crippen molar-refractivity contribution >= 4 is 17.8 Å². The van der Waals surface area contributed by atoms with Crippen LogP contribution < -0.4 is 5.32 Å². The van der Waals surface area contributed by atoms with E-state index in [-0.39, 0.29) is 17.9 Å². The maximum Gasteiger partial charge on any atom is 0.320 e. The lowest BCUT2D eigenvalue weighted by molar-refractivity contribution is -0.121. The zero-order valence-electron chi connectivity index (χ0n) is 13.9. The number of carbonyl (C=O) groups excluding carboxylic acids is 2. The fourth-order valence-electron chi connectivity index (χ4n) is 3.43. The Labute approximate surface area is 136 Å². The molecule has 1 unspecified atom stereocenters. The van der Waals surface area contributed by atoms with Crippen molar-refractivity contribution in [1.82, 2.24) is 19.6 Å². The summed E-state index contributed by atoms with van der Waals surface area (Å²) in [5.74, 6) is 0.535. The van der Waals surface area contributed by atoms with Crippen LogP contribution in [0.3, 0.4) is 0 Å². The number of anilines is 1.